The molecule has 0 unspecified atom stereocenters. The van der Waals surface area contributed by atoms with Crippen LogP contribution in [-0.2, 0) is 11.3 Å². The highest BCUT2D eigenvalue weighted by atomic mass is 19.3. The Morgan fingerprint density at radius 1 is 1.56 bits per heavy atom. The predicted octanol–water partition coefficient (Wildman–Crippen LogP) is 2.00. The van der Waals surface area contributed by atoms with Crippen molar-refractivity contribution < 1.29 is 27.1 Å². The smallest absolute Gasteiger partial charge is 0.330 e. The number of hydrogen-bond acceptors (Lipinski definition) is 3. The molecule has 1 rings (SSSR count). The normalized spacial score (nSPS) is 12.1. The van der Waals surface area contributed by atoms with Gasteiger partial charge in [-0.15, -0.1) is 0 Å². The van der Waals surface area contributed by atoms with Crippen molar-refractivity contribution >= 4 is 5.78 Å². The molecular weight excluding hydrogens is 256 g/mol. The molecule has 0 amide bonds. The van der Waals surface area contributed by atoms with Gasteiger partial charge in [0.25, 0.3) is 0 Å². The van der Waals surface area contributed by atoms with Gasteiger partial charge in [0.05, 0.1) is 0 Å². The Bertz CT molecular complexity index is 406. The summed E-state index contributed by atoms with van der Waals surface area (Å²) in [6.07, 6.45) is -0.892. The molecule has 4 nitrogen and oxygen atoms in total. The second-order valence-electron chi connectivity index (χ2n) is 3.51. The monoisotopic (exact) mass is 268 g/mol. The molecule has 0 aliphatic carbocycles. The van der Waals surface area contributed by atoms with Gasteiger partial charge in [-0.3, -0.25) is 4.79 Å². The number of carbonyl (C=O) groups is 1. The molecule has 0 fully saturated rings. The number of carbonyl (C=O) groups excluding carboxylic acids is 1. The van der Waals surface area contributed by atoms with Gasteiger partial charge in [-0.1, -0.05) is 0 Å². The van der Waals surface area contributed by atoms with Gasteiger partial charge in [-0.05, 0) is 6.92 Å². The van der Waals surface area contributed by atoms with Crippen LogP contribution >= 0.6 is 0 Å². The van der Waals surface area contributed by atoms with E-state index in [1.807, 2.05) is 0 Å². The first-order valence-electron chi connectivity index (χ1n) is 5.16. The van der Waals surface area contributed by atoms with Gasteiger partial charge in [0, 0.05) is 18.9 Å². The maximum absolute atomic E-state index is 12.5. The van der Waals surface area contributed by atoms with Gasteiger partial charge in [-0.2, -0.15) is 8.78 Å². The number of aryl methyl sites for hydroxylation is 1. The molecule has 0 saturated carbocycles. The molecule has 8 heteroatoms. The Labute approximate surface area is 101 Å². The lowest BCUT2D eigenvalue weighted by molar-refractivity contribution is -0.163. The number of halogens is 4. The van der Waals surface area contributed by atoms with Crippen LogP contribution in [0.3, 0.4) is 0 Å². The van der Waals surface area contributed by atoms with Crippen LogP contribution in [0.15, 0.2) is 12.4 Å². The quantitative estimate of drug-likeness (QED) is 0.561. The van der Waals surface area contributed by atoms with E-state index in [1.165, 1.54) is 10.8 Å². The van der Waals surface area contributed by atoms with Crippen LogP contribution in [0.1, 0.15) is 17.5 Å². The van der Waals surface area contributed by atoms with E-state index in [-0.39, 0.29) is 5.82 Å². The van der Waals surface area contributed by atoms with Crippen molar-refractivity contribution in [3.05, 3.63) is 18.2 Å². The van der Waals surface area contributed by atoms with Crippen LogP contribution in [-0.4, -0.2) is 40.9 Å². The minimum absolute atomic E-state index is 0.0536. The van der Waals surface area contributed by atoms with Crippen molar-refractivity contribution in [1.29, 1.82) is 0 Å². The summed E-state index contributed by atoms with van der Waals surface area (Å²) in [5.41, 5.74) is 0. The third kappa shape index (κ3) is 3.52. The van der Waals surface area contributed by atoms with E-state index in [1.54, 1.807) is 13.1 Å². The maximum Gasteiger partial charge on any atom is 0.330 e. The molecule has 0 spiro atoms. The molecule has 102 valence electrons. The van der Waals surface area contributed by atoms with Gasteiger partial charge in [0.15, 0.2) is 5.82 Å². The SMILES string of the molecule is CCn1ccnc1C(=O)COCC(F)(F)C(F)F. The average Bonchev–Trinajstić information content (AvgIpc) is 2.76. The first-order valence-corrected chi connectivity index (χ1v) is 5.16. The zero-order valence-corrected chi connectivity index (χ0v) is 9.58. The molecule has 1 aromatic heterocycles. The number of rotatable bonds is 7. The lowest BCUT2D eigenvalue weighted by atomic mass is 10.3. The van der Waals surface area contributed by atoms with Crippen molar-refractivity contribution in [2.75, 3.05) is 13.2 Å². The molecule has 1 aromatic rings. The first-order chi connectivity index (χ1) is 8.38. The Hall–Kier alpha value is -1.44. The third-order valence-corrected chi connectivity index (χ3v) is 2.15. The minimum Gasteiger partial charge on any atom is -0.367 e. The van der Waals surface area contributed by atoms with E-state index >= 15 is 0 Å². The highest BCUT2D eigenvalue weighted by Crippen LogP contribution is 2.22. The number of ketones is 1. The second kappa shape index (κ2) is 5.94. The van der Waals surface area contributed by atoms with Crippen molar-refractivity contribution in [2.24, 2.45) is 0 Å². The van der Waals surface area contributed by atoms with E-state index in [2.05, 4.69) is 9.72 Å². The number of nitrogens with zero attached hydrogens (tertiary/aromatic N) is 2. The molecule has 0 radical (unpaired) electrons. The number of aromatic nitrogens is 2. The predicted molar refractivity (Wildman–Crippen MR) is 54.0 cm³/mol. The van der Waals surface area contributed by atoms with Gasteiger partial charge in [-0.25, -0.2) is 13.8 Å². The van der Waals surface area contributed by atoms with Crippen molar-refractivity contribution in [3.63, 3.8) is 0 Å². The third-order valence-electron chi connectivity index (χ3n) is 2.15. The number of ether oxygens (including phenoxy) is 1. The number of hydrogen-bond donors (Lipinski definition) is 0. The molecule has 0 aromatic carbocycles. The zero-order valence-electron chi connectivity index (χ0n) is 9.58. The van der Waals surface area contributed by atoms with Crippen LogP contribution < -0.4 is 0 Å². The van der Waals surface area contributed by atoms with Gasteiger partial charge >= 0.3 is 12.3 Å². The molecule has 0 bridgehead atoms. The summed E-state index contributed by atoms with van der Waals surface area (Å²) in [4.78, 5) is 15.2. The van der Waals surface area contributed by atoms with Gasteiger partial charge in [0.1, 0.15) is 13.2 Å². The molecule has 0 saturated heterocycles. The van der Waals surface area contributed by atoms with Gasteiger partial charge in [0.2, 0.25) is 5.78 Å². The fourth-order valence-corrected chi connectivity index (χ4v) is 1.22. The van der Waals surface area contributed by atoms with Crippen molar-refractivity contribution in [3.8, 4) is 0 Å². The standard InChI is InChI=1S/C10H12F4N2O2/c1-2-16-4-3-15-8(16)7(17)5-18-6-10(13,14)9(11)12/h3-4,9H,2,5-6H2,1H3. The Kier molecular flexibility index (Phi) is 4.83. The van der Waals surface area contributed by atoms with Crippen molar-refractivity contribution in [1.82, 2.24) is 9.55 Å². The summed E-state index contributed by atoms with van der Waals surface area (Å²) in [6.45, 7) is 0.0428. The van der Waals surface area contributed by atoms with Crippen LogP contribution in [0.25, 0.3) is 0 Å². The molecule has 1 heterocycles. The molecule has 0 atom stereocenters. The summed E-state index contributed by atoms with van der Waals surface area (Å²) in [7, 11) is 0. The van der Waals surface area contributed by atoms with Crippen LogP contribution in [0.2, 0.25) is 0 Å². The molecule has 18 heavy (non-hydrogen) atoms. The molecule has 0 aliphatic heterocycles. The summed E-state index contributed by atoms with van der Waals surface area (Å²) in [5.74, 6) is -4.83. The van der Waals surface area contributed by atoms with E-state index in [0.29, 0.717) is 6.54 Å². The fourth-order valence-electron chi connectivity index (χ4n) is 1.22. The van der Waals surface area contributed by atoms with E-state index in [9.17, 15) is 22.4 Å². The second-order valence-corrected chi connectivity index (χ2v) is 3.51. The van der Waals surface area contributed by atoms with E-state index in [4.69, 9.17) is 0 Å². The molecular formula is C10H12F4N2O2. The molecule has 0 aliphatic rings. The summed E-state index contributed by atoms with van der Waals surface area (Å²) >= 11 is 0. The lowest BCUT2D eigenvalue weighted by Gasteiger charge is -2.14. The Balaban J connectivity index is 2.48. The van der Waals surface area contributed by atoms with E-state index < -0.39 is 31.3 Å². The maximum atomic E-state index is 12.5. The summed E-state index contributed by atoms with van der Waals surface area (Å²) in [5, 5.41) is 0. The minimum atomic E-state index is -4.25. The highest BCUT2D eigenvalue weighted by molar-refractivity contribution is 5.93. The van der Waals surface area contributed by atoms with Crippen molar-refractivity contribution in [2.45, 2.75) is 25.8 Å². The average molecular weight is 268 g/mol. The Morgan fingerprint density at radius 2 is 2.22 bits per heavy atom. The Morgan fingerprint density at radius 3 is 2.78 bits per heavy atom. The number of alkyl halides is 4. The summed E-state index contributed by atoms with van der Waals surface area (Å²) < 4.78 is 54.4. The zero-order chi connectivity index (χ0) is 13.8. The fraction of sp³-hybridized carbons (Fsp3) is 0.600. The lowest BCUT2D eigenvalue weighted by Crippen LogP contribution is -2.33. The van der Waals surface area contributed by atoms with Crippen LogP contribution in [0, 0.1) is 0 Å². The number of imidazole rings is 1. The van der Waals surface area contributed by atoms with Gasteiger partial charge < -0.3 is 9.30 Å². The van der Waals surface area contributed by atoms with E-state index in [0.717, 1.165) is 0 Å². The summed E-state index contributed by atoms with van der Waals surface area (Å²) in [6, 6.07) is 0. The highest BCUT2D eigenvalue weighted by Gasteiger charge is 2.41. The largest absolute Gasteiger partial charge is 0.367 e. The number of Topliss-reactive ketones (excluding diaryl/α,β-unsaturated/α-hetero) is 1. The topological polar surface area (TPSA) is 44.1 Å². The molecule has 0 N–H and O–H groups in total. The van der Waals surface area contributed by atoms with Crippen LogP contribution in [0.4, 0.5) is 17.6 Å². The first kappa shape index (κ1) is 14.6. The van der Waals surface area contributed by atoms with Crippen LogP contribution in [0.5, 0.6) is 0 Å².